The molecule has 0 aromatic heterocycles. The molecule has 1 saturated carbocycles. The second-order valence-corrected chi connectivity index (χ2v) is 11.3. The Labute approximate surface area is 184 Å². The van der Waals surface area contributed by atoms with Gasteiger partial charge in [0.05, 0.1) is 16.1 Å². The molecule has 2 amide bonds. The van der Waals surface area contributed by atoms with Gasteiger partial charge in [-0.1, -0.05) is 6.07 Å². The fourth-order valence-corrected chi connectivity index (χ4v) is 4.79. The van der Waals surface area contributed by atoms with Crippen LogP contribution in [0.2, 0.25) is 0 Å². The average Bonchev–Trinajstić information content (AvgIpc) is 2.96. The van der Waals surface area contributed by atoms with E-state index in [1.807, 2.05) is 0 Å². The van der Waals surface area contributed by atoms with Gasteiger partial charge in [-0.15, -0.1) is 0 Å². The summed E-state index contributed by atoms with van der Waals surface area (Å²) in [6.45, 7) is 5.09. The summed E-state index contributed by atoms with van der Waals surface area (Å²) in [6.07, 6.45) is 1.58. The second-order valence-electron chi connectivity index (χ2n) is 8.62. The summed E-state index contributed by atoms with van der Waals surface area (Å²) in [5.74, 6) is -0.890. The van der Waals surface area contributed by atoms with Crippen molar-refractivity contribution in [3.8, 4) is 0 Å². The highest BCUT2D eigenvalue weighted by molar-refractivity contribution is 9.10. The van der Waals surface area contributed by atoms with Crippen LogP contribution in [0.5, 0.6) is 0 Å². The zero-order chi connectivity index (χ0) is 22.7. The van der Waals surface area contributed by atoms with Crippen molar-refractivity contribution in [1.29, 1.82) is 0 Å². The van der Waals surface area contributed by atoms with Crippen LogP contribution < -0.4 is 15.6 Å². The molecule has 168 valence electrons. The third kappa shape index (κ3) is 7.21. The Morgan fingerprint density at radius 1 is 1.30 bits per heavy atom. The van der Waals surface area contributed by atoms with E-state index in [1.54, 1.807) is 32.9 Å². The molecule has 0 saturated heterocycles. The van der Waals surface area contributed by atoms with Gasteiger partial charge in [-0.2, -0.15) is 0 Å². The lowest BCUT2D eigenvalue weighted by Gasteiger charge is -2.29. The summed E-state index contributed by atoms with van der Waals surface area (Å²) < 4.78 is 44.8. The van der Waals surface area contributed by atoms with Crippen molar-refractivity contribution in [2.75, 3.05) is 6.26 Å². The van der Waals surface area contributed by atoms with Crippen LogP contribution in [0.1, 0.15) is 45.6 Å². The summed E-state index contributed by atoms with van der Waals surface area (Å²) in [6, 6.07) is 4.04. The number of carbonyl (C=O) groups is 2. The molecule has 8 nitrogen and oxygen atoms in total. The highest BCUT2D eigenvalue weighted by atomic mass is 79.9. The van der Waals surface area contributed by atoms with Gasteiger partial charge in [-0.05, 0) is 80.1 Å². The van der Waals surface area contributed by atoms with Crippen LogP contribution in [-0.4, -0.2) is 38.3 Å². The minimum absolute atomic E-state index is 0.233. The molecule has 1 aliphatic rings. The molecule has 30 heavy (non-hydrogen) atoms. The molecule has 3 N–H and O–H groups in total. The first-order chi connectivity index (χ1) is 13.7. The molecule has 2 rings (SSSR count). The highest BCUT2D eigenvalue weighted by Gasteiger charge is 2.46. The van der Waals surface area contributed by atoms with Gasteiger partial charge in [0, 0.05) is 6.04 Å². The third-order valence-electron chi connectivity index (χ3n) is 4.67. The van der Waals surface area contributed by atoms with Crippen LogP contribution in [0.3, 0.4) is 0 Å². The second kappa shape index (κ2) is 9.19. The zero-order valence-electron chi connectivity index (χ0n) is 17.3. The van der Waals surface area contributed by atoms with E-state index in [0.29, 0.717) is 18.4 Å². The molecule has 2 atom stereocenters. The quantitative estimate of drug-likeness (QED) is 0.530. The van der Waals surface area contributed by atoms with E-state index in [1.165, 1.54) is 6.07 Å². The smallest absolute Gasteiger partial charge is 0.426 e. The zero-order valence-corrected chi connectivity index (χ0v) is 19.7. The number of amides is 2. The lowest BCUT2D eigenvalue weighted by molar-refractivity contribution is -0.132. The molecular formula is C19H27BrFN3O5S. The standard InChI is InChI=1S/C19H27BrFN3O5S/c1-18(2,3)29-17(26)23-22-16(25)19(8-7-13(11-19)24-30(4,27)28)10-12-5-6-15(21)14(20)9-12/h5-6,9,13,24H,7-8,10-11H2,1-4H3,(H,22,25)(H,23,26)/t13-,19+/m0/s1. The first kappa shape index (κ1) is 24.5. The van der Waals surface area contributed by atoms with Crippen molar-refractivity contribution < 1.29 is 27.1 Å². The van der Waals surface area contributed by atoms with E-state index >= 15 is 0 Å². The first-order valence-corrected chi connectivity index (χ1v) is 12.1. The average molecular weight is 508 g/mol. The lowest BCUT2D eigenvalue weighted by atomic mass is 9.79. The van der Waals surface area contributed by atoms with Crippen molar-refractivity contribution in [1.82, 2.24) is 15.6 Å². The van der Waals surface area contributed by atoms with Gasteiger partial charge in [0.15, 0.2) is 0 Å². The van der Waals surface area contributed by atoms with Gasteiger partial charge >= 0.3 is 6.09 Å². The number of hydrogen-bond donors (Lipinski definition) is 3. The van der Waals surface area contributed by atoms with Crippen LogP contribution in [0.4, 0.5) is 9.18 Å². The van der Waals surface area contributed by atoms with Gasteiger partial charge < -0.3 is 4.74 Å². The van der Waals surface area contributed by atoms with Crippen LogP contribution in [0, 0.1) is 11.2 Å². The number of carbonyl (C=O) groups excluding carboxylic acids is 2. The number of hydrogen-bond acceptors (Lipinski definition) is 5. The van der Waals surface area contributed by atoms with Gasteiger partial charge in [-0.3, -0.25) is 10.2 Å². The fraction of sp³-hybridized carbons (Fsp3) is 0.579. The molecule has 0 bridgehead atoms. The summed E-state index contributed by atoms with van der Waals surface area (Å²) in [4.78, 5) is 24.9. The van der Waals surface area contributed by atoms with Crippen LogP contribution in [0.15, 0.2) is 22.7 Å². The fourth-order valence-electron chi connectivity index (χ4n) is 3.56. The molecule has 0 spiro atoms. The minimum atomic E-state index is -3.44. The Morgan fingerprint density at radius 2 is 1.97 bits per heavy atom. The maximum atomic E-state index is 13.6. The van der Waals surface area contributed by atoms with Gasteiger partial charge in [0.25, 0.3) is 0 Å². The molecule has 0 unspecified atom stereocenters. The van der Waals surface area contributed by atoms with E-state index in [2.05, 4.69) is 31.5 Å². The minimum Gasteiger partial charge on any atom is -0.443 e. The third-order valence-corrected chi connectivity index (χ3v) is 6.04. The number of sulfonamides is 1. The topological polar surface area (TPSA) is 114 Å². The van der Waals surface area contributed by atoms with Crippen molar-refractivity contribution >= 4 is 38.0 Å². The van der Waals surface area contributed by atoms with Crippen LogP contribution in [0.25, 0.3) is 0 Å². The van der Waals surface area contributed by atoms with Crippen LogP contribution in [-0.2, 0) is 26.0 Å². The summed E-state index contributed by atoms with van der Waals surface area (Å²) in [5, 5.41) is 0. The maximum Gasteiger partial charge on any atom is 0.426 e. The number of benzene rings is 1. The SMILES string of the molecule is CC(C)(C)OC(=O)NNC(=O)[C@@]1(Cc2ccc(F)c(Br)c2)CC[C@H](NS(C)(=O)=O)C1. The van der Waals surface area contributed by atoms with Gasteiger partial charge in [-0.25, -0.2) is 27.8 Å². The van der Waals surface area contributed by atoms with Crippen LogP contribution >= 0.6 is 15.9 Å². The molecule has 1 aliphatic carbocycles. The maximum absolute atomic E-state index is 13.6. The predicted octanol–water partition coefficient (Wildman–Crippen LogP) is 2.77. The highest BCUT2D eigenvalue weighted by Crippen LogP contribution is 2.42. The van der Waals surface area contributed by atoms with E-state index in [0.717, 1.165) is 6.26 Å². The molecular weight excluding hydrogens is 481 g/mol. The summed E-state index contributed by atoms with van der Waals surface area (Å²) >= 11 is 3.14. The van der Waals surface area contributed by atoms with Crippen molar-refractivity contribution in [2.45, 2.75) is 58.1 Å². The van der Waals surface area contributed by atoms with Crippen molar-refractivity contribution in [3.05, 3.63) is 34.1 Å². The van der Waals surface area contributed by atoms with E-state index in [9.17, 15) is 22.4 Å². The number of rotatable bonds is 5. The van der Waals surface area contributed by atoms with E-state index in [4.69, 9.17) is 4.74 Å². The lowest BCUT2D eigenvalue weighted by Crippen LogP contribution is -2.51. The number of ether oxygens (including phenoxy) is 1. The van der Waals surface area contributed by atoms with Gasteiger partial charge in [0.1, 0.15) is 11.4 Å². The summed E-state index contributed by atoms with van der Waals surface area (Å²) in [5.41, 5.74) is 3.61. The molecule has 1 aromatic carbocycles. The molecule has 1 aromatic rings. The van der Waals surface area contributed by atoms with Gasteiger partial charge in [0.2, 0.25) is 15.9 Å². The number of hydrazine groups is 1. The molecule has 0 radical (unpaired) electrons. The summed E-state index contributed by atoms with van der Waals surface area (Å²) in [7, 11) is -3.44. The number of nitrogens with one attached hydrogen (secondary N) is 3. The Bertz CT molecular complexity index is 919. The predicted molar refractivity (Wildman–Crippen MR) is 113 cm³/mol. The van der Waals surface area contributed by atoms with Crippen molar-refractivity contribution in [3.63, 3.8) is 0 Å². The van der Waals surface area contributed by atoms with E-state index < -0.39 is 44.9 Å². The Morgan fingerprint density at radius 3 is 2.53 bits per heavy atom. The largest absolute Gasteiger partial charge is 0.443 e. The Kier molecular flexibility index (Phi) is 7.52. The molecule has 0 heterocycles. The van der Waals surface area contributed by atoms with E-state index in [-0.39, 0.29) is 17.3 Å². The normalized spacial score (nSPS) is 21.9. The number of halogens is 2. The molecule has 1 fully saturated rings. The monoisotopic (exact) mass is 507 g/mol. The Balaban J connectivity index is 2.19. The molecule has 0 aliphatic heterocycles. The molecule has 11 heteroatoms. The Hall–Kier alpha value is -1.72. The first-order valence-electron chi connectivity index (χ1n) is 9.40. The van der Waals surface area contributed by atoms with Crippen molar-refractivity contribution in [2.24, 2.45) is 5.41 Å².